The van der Waals surface area contributed by atoms with E-state index in [2.05, 4.69) is 22.8 Å². The Morgan fingerprint density at radius 1 is 0.800 bits per heavy atom. The monoisotopic (exact) mass is 384 g/mol. The van der Waals surface area contributed by atoms with Crippen LogP contribution in [-0.2, 0) is 0 Å². The predicted molar refractivity (Wildman–Crippen MR) is 111 cm³/mol. The molecule has 2 atom stereocenters. The maximum absolute atomic E-state index is 9.61. The molecule has 0 aliphatic rings. The lowest BCUT2D eigenvalue weighted by molar-refractivity contribution is 0.168. The van der Waals surface area contributed by atoms with Crippen LogP contribution < -0.4 is 10.6 Å². The SMILES string of the molecule is CNCCC(Cl)c1ccccc1.CNCCC(O)c1ccccc1.Cl. The van der Waals surface area contributed by atoms with Crippen LogP contribution in [0.1, 0.15) is 35.4 Å². The maximum Gasteiger partial charge on any atom is 0.0802 e. The van der Waals surface area contributed by atoms with E-state index in [9.17, 15) is 5.11 Å². The number of hydrogen-bond acceptors (Lipinski definition) is 3. The lowest BCUT2D eigenvalue weighted by Crippen LogP contribution is -2.11. The van der Waals surface area contributed by atoms with Gasteiger partial charge >= 0.3 is 0 Å². The summed E-state index contributed by atoms with van der Waals surface area (Å²) in [4.78, 5) is 0. The third kappa shape index (κ3) is 10.5. The molecule has 0 aliphatic heterocycles. The molecule has 2 aromatic carbocycles. The first-order valence-electron chi connectivity index (χ1n) is 8.40. The number of halogens is 2. The molecular weight excluding hydrogens is 355 g/mol. The van der Waals surface area contributed by atoms with E-state index in [1.807, 2.05) is 62.6 Å². The molecule has 0 aliphatic carbocycles. The van der Waals surface area contributed by atoms with Crippen LogP contribution in [0.25, 0.3) is 0 Å². The first-order valence-corrected chi connectivity index (χ1v) is 8.84. The van der Waals surface area contributed by atoms with Crippen molar-refractivity contribution >= 4 is 24.0 Å². The average molecular weight is 385 g/mol. The number of aliphatic hydroxyl groups excluding tert-OH is 1. The molecule has 140 valence electrons. The Bertz CT molecular complexity index is 476. The van der Waals surface area contributed by atoms with Crippen LogP contribution in [-0.4, -0.2) is 32.3 Å². The van der Waals surface area contributed by atoms with E-state index in [0.717, 1.165) is 31.5 Å². The highest BCUT2D eigenvalue weighted by atomic mass is 35.5. The van der Waals surface area contributed by atoms with Crippen molar-refractivity contribution in [3.8, 4) is 0 Å². The van der Waals surface area contributed by atoms with Crippen LogP contribution in [0.3, 0.4) is 0 Å². The summed E-state index contributed by atoms with van der Waals surface area (Å²) in [6.45, 7) is 1.80. The molecule has 0 fully saturated rings. The minimum Gasteiger partial charge on any atom is -0.388 e. The summed E-state index contributed by atoms with van der Waals surface area (Å²) in [5, 5.41) is 15.8. The molecular formula is C20H30Cl2N2O. The molecule has 2 unspecified atom stereocenters. The molecule has 0 saturated heterocycles. The molecule has 3 N–H and O–H groups in total. The number of benzene rings is 2. The average Bonchev–Trinajstić information content (AvgIpc) is 2.66. The van der Waals surface area contributed by atoms with Gasteiger partial charge in [0.25, 0.3) is 0 Å². The number of alkyl halides is 1. The summed E-state index contributed by atoms with van der Waals surface area (Å²) in [6.07, 6.45) is 1.40. The number of nitrogens with one attached hydrogen (secondary N) is 2. The van der Waals surface area contributed by atoms with Crippen molar-refractivity contribution in [2.45, 2.75) is 24.3 Å². The molecule has 5 heteroatoms. The maximum atomic E-state index is 9.61. The molecule has 3 nitrogen and oxygen atoms in total. The van der Waals surface area contributed by atoms with Gasteiger partial charge in [0.1, 0.15) is 0 Å². The van der Waals surface area contributed by atoms with Crippen LogP contribution in [0.4, 0.5) is 0 Å². The zero-order valence-electron chi connectivity index (χ0n) is 15.0. The second kappa shape index (κ2) is 15.2. The summed E-state index contributed by atoms with van der Waals surface area (Å²) >= 11 is 6.14. The molecule has 2 rings (SSSR count). The summed E-state index contributed by atoms with van der Waals surface area (Å²) in [7, 11) is 3.83. The highest BCUT2D eigenvalue weighted by Crippen LogP contribution is 2.22. The first kappa shape index (κ1) is 23.9. The van der Waals surface area contributed by atoms with E-state index in [0.29, 0.717) is 0 Å². The van der Waals surface area contributed by atoms with Gasteiger partial charge in [-0.2, -0.15) is 0 Å². The zero-order chi connectivity index (χ0) is 17.6. The highest BCUT2D eigenvalue weighted by Gasteiger charge is 2.05. The Hall–Kier alpha value is -1.10. The number of hydrogen-bond donors (Lipinski definition) is 3. The minimum absolute atomic E-state index is 0. The molecule has 0 saturated carbocycles. The Kier molecular flexibility index (Phi) is 14.5. The van der Waals surface area contributed by atoms with Crippen LogP contribution >= 0.6 is 24.0 Å². The third-order valence-corrected chi connectivity index (χ3v) is 4.13. The predicted octanol–water partition coefficient (Wildman–Crippen LogP) is 4.33. The highest BCUT2D eigenvalue weighted by molar-refractivity contribution is 6.20. The van der Waals surface area contributed by atoms with Gasteiger partial charge in [0.05, 0.1) is 11.5 Å². The quantitative estimate of drug-likeness (QED) is 0.593. The fraction of sp³-hybridized carbons (Fsp3) is 0.400. The van der Waals surface area contributed by atoms with E-state index >= 15 is 0 Å². The lowest BCUT2D eigenvalue weighted by atomic mass is 10.1. The Morgan fingerprint density at radius 3 is 1.72 bits per heavy atom. The lowest BCUT2D eigenvalue weighted by Gasteiger charge is -2.09. The van der Waals surface area contributed by atoms with Gasteiger partial charge in [-0.1, -0.05) is 60.7 Å². The topological polar surface area (TPSA) is 44.3 Å². The van der Waals surface area contributed by atoms with E-state index in [1.165, 1.54) is 5.56 Å². The summed E-state index contributed by atoms with van der Waals surface area (Å²) in [5.74, 6) is 0. The van der Waals surface area contributed by atoms with Crippen molar-refractivity contribution in [2.24, 2.45) is 0 Å². The molecule has 0 heterocycles. The molecule has 25 heavy (non-hydrogen) atoms. The molecule has 0 amide bonds. The fourth-order valence-electron chi connectivity index (χ4n) is 2.22. The van der Waals surface area contributed by atoms with Gasteiger partial charge in [-0.05, 0) is 51.2 Å². The van der Waals surface area contributed by atoms with E-state index in [-0.39, 0.29) is 23.9 Å². The Balaban J connectivity index is 0.000000443. The van der Waals surface area contributed by atoms with Gasteiger partial charge < -0.3 is 15.7 Å². The standard InChI is InChI=1S/C10H14ClN.C10H15NO.ClH/c1-12-8-7-10(11)9-5-3-2-4-6-9;1-11-8-7-10(12)9-5-3-2-4-6-9;/h2-6,10,12H,7-8H2,1H3;2-6,10-12H,7-8H2,1H3;1H. The van der Waals surface area contributed by atoms with Crippen molar-refractivity contribution in [2.75, 3.05) is 27.2 Å². The number of aliphatic hydroxyl groups is 1. The largest absolute Gasteiger partial charge is 0.388 e. The second-order valence-electron chi connectivity index (χ2n) is 5.59. The van der Waals surface area contributed by atoms with Crippen LogP contribution in [0.5, 0.6) is 0 Å². The van der Waals surface area contributed by atoms with Crippen LogP contribution in [0.15, 0.2) is 60.7 Å². The van der Waals surface area contributed by atoms with E-state index < -0.39 is 0 Å². The Labute approximate surface area is 163 Å². The zero-order valence-corrected chi connectivity index (χ0v) is 16.6. The van der Waals surface area contributed by atoms with Crippen molar-refractivity contribution in [3.63, 3.8) is 0 Å². The molecule has 2 aromatic rings. The smallest absolute Gasteiger partial charge is 0.0802 e. The summed E-state index contributed by atoms with van der Waals surface area (Å²) in [6, 6.07) is 19.9. The molecule has 0 spiro atoms. The second-order valence-corrected chi connectivity index (χ2v) is 6.12. The normalized spacial score (nSPS) is 12.3. The fourth-order valence-corrected chi connectivity index (χ4v) is 2.48. The van der Waals surface area contributed by atoms with Crippen molar-refractivity contribution < 1.29 is 5.11 Å². The number of rotatable bonds is 8. The van der Waals surface area contributed by atoms with E-state index in [1.54, 1.807) is 0 Å². The summed E-state index contributed by atoms with van der Waals surface area (Å²) in [5.41, 5.74) is 2.20. The minimum atomic E-state index is -0.335. The van der Waals surface area contributed by atoms with Gasteiger partial charge in [0.15, 0.2) is 0 Å². The van der Waals surface area contributed by atoms with E-state index in [4.69, 9.17) is 11.6 Å². The Morgan fingerprint density at radius 2 is 1.24 bits per heavy atom. The van der Waals surface area contributed by atoms with Crippen LogP contribution in [0, 0.1) is 0 Å². The van der Waals surface area contributed by atoms with Gasteiger partial charge in [0.2, 0.25) is 0 Å². The van der Waals surface area contributed by atoms with Gasteiger partial charge in [-0.25, -0.2) is 0 Å². The first-order chi connectivity index (χ1) is 11.7. The third-order valence-electron chi connectivity index (χ3n) is 3.66. The van der Waals surface area contributed by atoms with Gasteiger partial charge in [0, 0.05) is 0 Å². The van der Waals surface area contributed by atoms with Crippen molar-refractivity contribution in [1.82, 2.24) is 10.6 Å². The molecule has 0 radical (unpaired) electrons. The van der Waals surface area contributed by atoms with Gasteiger partial charge in [-0.3, -0.25) is 0 Å². The molecule has 0 bridgehead atoms. The molecule has 0 aromatic heterocycles. The van der Waals surface area contributed by atoms with Gasteiger partial charge in [-0.15, -0.1) is 24.0 Å². The van der Waals surface area contributed by atoms with Crippen LogP contribution in [0.2, 0.25) is 0 Å². The summed E-state index contributed by atoms with van der Waals surface area (Å²) < 4.78 is 0. The van der Waals surface area contributed by atoms with Crippen molar-refractivity contribution in [1.29, 1.82) is 0 Å². The van der Waals surface area contributed by atoms with Crippen molar-refractivity contribution in [3.05, 3.63) is 71.8 Å².